The molecule has 0 heterocycles. The van der Waals surface area contributed by atoms with Gasteiger partial charge in [0.05, 0.1) is 0 Å². The molecule has 2 rings (SSSR count). The largest absolute Gasteiger partial charge is 0.503 e. The molecule has 0 unspecified atom stereocenters. The van der Waals surface area contributed by atoms with Gasteiger partial charge < -0.3 is 3.79 Å². The highest BCUT2D eigenvalue weighted by atomic mass is 27.2. The van der Waals surface area contributed by atoms with E-state index in [4.69, 9.17) is 3.79 Å². The number of hydrogen-bond donors (Lipinski definition) is 0. The normalized spacial score (nSPS) is 25.4. The van der Waals surface area contributed by atoms with Gasteiger partial charge in [-0.1, -0.05) is 73.8 Å². The van der Waals surface area contributed by atoms with Crippen LogP contribution in [0.2, 0.25) is 9.56 Å². The van der Waals surface area contributed by atoms with E-state index in [-0.39, 0.29) is 0 Å². The molecule has 0 aromatic rings. The third-order valence-electron chi connectivity index (χ3n) is 4.50. The Bertz CT molecular complexity index is 153. The minimum absolute atomic E-state index is 0.876. The first kappa shape index (κ1) is 12.0. The predicted molar refractivity (Wildman–Crippen MR) is 66.4 cm³/mol. The van der Waals surface area contributed by atoms with E-state index in [1.165, 1.54) is 64.2 Å². The molecule has 0 N–H and O–H groups in total. The van der Waals surface area contributed by atoms with Crippen LogP contribution in [0.3, 0.4) is 0 Å². The zero-order chi connectivity index (χ0) is 10.5. The molecule has 0 bridgehead atoms. The molecule has 0 amide bonds. The average molecular weight is 224 g/mol. The van der Waals surface area contributed by atoms with Crippen molar-refractivity contribution in [2.45, 2.75) is 73.8 Å². The summed E-state index contributed by atoms with van der Waals surface area (Å²) in [4.78, 5) is 0. The Hall–Kier alpha value is 0.492. The van der Waals surface area contributed by atoms with E-state index < -0.39 is 14.5 Å². The van der Waals surface area contributed by atoms with Crippen molar-refractivity contribution < 1.29 is 3.79 Å². The van der Waals surface area contributed by atoms with Crippen LogP contribution in [0.25, 0.3) is 0 Å². The van der Waals surface area contributed by atoms with E-state index in [0.29, 0.717) is 0 Å². The summed E-state index contributed by atoms with van der Waals surface area (Å²) in [6.07, 6.45) is 14.8. The van der Waals surface area contributed by atoms with Crippen LogP contribution in [0.15, 0.2) is 0 Å². The predicted octanol–water partition coefficient (Wildman–Crippen LogP) is 4.29. The van der Waals surface area contributed by atoms with Gasteiger partial charge in [-0.05, 0) is 0 Å². The Morgan fingerprint density at radius 3 is 1.47 bits per heavy atom. The maximum Gasteiger partial charge on any atom is 0.467 e. The van der Waals surface area contributed by atoms with Gasteiger partial charge in [0.15, 0.2) is 0 Å². The molecule has 86 valence electrons. The first-order valence-corrected chi connectivity index (χ1v) is 8.75. The molecule has 0 atom stereocenters. The fourth-order valence-corrected chi connectivity index (χ4v) is 7.49. The van der Waals surface area contributed by atoms with E-state index in [1.807, 2.05) is 7.11 Å². The molecule has 0 saturated heterocycles. The monoisotopic (exact) mass is 224 g/mol. The van der Waals surface area contributed by atoms with Crippen molar-refractivity contribution in [1.29, 1.82) is 0 Å². The van der Waals surface area contributed by atoms with Crippen molar-refractivity contribution in [3.05, 3.63) is 0 Å². The molecular formula is C13H25AlO. The van der Waals surface area contributed by atoms with E-state index in [9.17, 15) is 0 Å². The minimum Gasteiger partial charge on any atom is -0.503 e. The fourth-order valence-electron chi connectivity index (χ4n) is 3.70. The minimum atomic E-state index is -0.876. The van der Waals surface area contributed by atoms with Gasteiger partial charge >= 0.3 is 14.5 Å². The van der Waals surface area contributed by atoms with Gasteiger partial charge in [-0.2, -0.15) is 0 Å². The summed E-state index contributed by atoms with van der Waals surface area (Å²) >= 11 is -0.876. The first-order chi connectivity index (χ1) is 7.42. The summed E-state index contributed by atoms with van der Waals surface area (Å²) in [6, 6.07) is 0. The van der Waals surface area contributed by atoms with Crippen molar-refractivity contribution in [3.8, 4) is 0 Å². The fraction of sp³-hybridized carbons (Fsp3) is 1.00. The molecule has 2 aliphatic carbocycles. The van der Waals surface area contributed by atoms with Crippen LogP contribution in [0.5, 0.6) is 0 Å². The van der Waals surface area contributed by atoms with Crippen LogP contribution >= 0.6 is 0 Å². The maximum atomic E-state index is 5.97. The number of hydrogen-bond acceptors (Lipinski definition) is 1. The van der Waals surface area contributed by atoms with Gasteiger partial charge in [0.25, 0.3) is 0 Å². The molecule has 2 saturated carbocycles. The highest BCUT2D eigenvalue weighted by Crippen LogP contribution is 2.41. The highest BCUT2D eigenvalue weighted by Gasteiger charge is 2.38. The van der Waals surface area contributed by atoms with Crippen LogP contribution in [0.4, 0.5) is 0 Å². The summed E-state index contributed by atoms with van der Waals surface area (Å²) in [5.74, 6) is 0. The van der Waals surface area contributed by atoms with Crippen molar-refractivity contribution in [2.75, 3.05) is 7.11 Å². The molecule has 15 heavy (non-hydrogen) atoms. The lowest BCUT2D eigenvalue weighted by molar-refractivity contribution is 0.346. The lowest BCUT2D eigenvalue weighted by Gasteiger charge is -2.32. The standard InChI is InChI=1S/2C6H11.CH3O.Al/c2*1-2-4-6-5-3-1;1-2;/h2*1H,2-6H2;1H3;/q;;-1;+1. The van der Waals surface area contributed by atoms with E-state index in [1.54, 1.807) is 0 Å². The third-order valence-corrected chi connectivity index (χ3v) is 8.24. The molecule has 2 aliphatic rings. The van der Waals surface area contributed by atoms with Gasteiger partial charge in [0, 0.05) is 7.11 Å². The Morgan fingerprint density at radius 2 is 1.13 bits per heavy atom. The molecule has 2 heteroatoms. The lowest BCUT2D eigenvalue weighted by atomic mass is 9.99. The van der Waals surface area contributed by atoms with Crippen molar-refractivity contribution in [3.63, 3.8) is 0 Å². The zero-order valence-electron chi connectivity index (χ0n) is 10.2. The van der Waals surface area contributed by atoms with Gasteiger partial charge in [-0.3, -0.25) is 0 Å². The maximum absolute atomic E-state index is 5.97. The summed E-state index contributed by atoms with van der Waals surface area (Å²) in [5.41, 5.74) is 0. The summed E-state index contributed by atoms with van der Waals surface area (Å²) in [6.45, 7) is 0. The molecule has 0 aromatic heterocycles. The summed E-state index contributed by atoms with van der Waals surface area (Å²) in [7, 11) is 2.00. The van der Waals surface area contributed by atoms with Crippen molar-refractivity contribution >= 4 is 14.5 Å². The van der Waals surface area contributed by atoms with Crippen LogP contribution in [0, 0.1) is 0 Å². The van der Waals surface area contributed by atoms with Crippen molar-refractivity contribution in [2.24, 2.45) is 0 Å². The van der Waals surface area contributed by atoms with Gasteiger partial charge in [-0.15, -0.1) is 0 Å². The second-order valence-corrected chi connectivity index (χ2v) is 8.78. The second-order valence-electron chi connectivity index (χ2n) is 5.50. The quantitative estimate of drug-likeness (QED) is 0.650. The topological polar surface area (TPSA) is 9.23 Å². The van der Waals surface area contributed by atoms with Gasteiger partial charge in [-0.25, -0.2) is 0 Å². The van der Waals surface area contributed by atoms with Crippen LogP contribution < -0.4 is 0 Å². The lowest BCUT2D eigenvalue weighted by Crippen LogP contribution is -2.32. The zero-order valence-corrected chi connectivity index (χ0v) is 11.4. The molecule has 1 nitrogen and oxygen atoms in total. The summed E-state index contributed by atoms with van der Waals surface area (Å²) in [5, 5.41) is 0. The summed E-state index contributed by atoms with van der Waals surface area (Å²) < 4.78 is 8.01. The van der Waals surface area contributed by atoms with Gasteiger partial charge in [0.2, 0.25) is 0 Å². The molecule has 0 radical (unpaired) electrons. The van der Waals surface area contributed by atoms with Crippen LogP contribution in [0.1, 0.15) is 64.2 Å². The Kier molecular flexibility index (Phi) is 5.01. The Labute approximate surface area is 99.3 Å². The van der Waals surface area contributed by atoms with E-state index >= 15 is 0 Å². The van der Waals surface area contributed by atoms with Crippen LogP contribution in [-0.2, 0) is 3.79 Å². The van der Waals surface area contributed by atoms with Gasteiger partial charge in [0.1, 0.15) is 0 Å². The Morgan fingerprint density at radius 1 is 0.733 bits per heavy atom. The first-order valence-electron chi connectivity index (χ1n) is 6.94. The van der Waals surface area contributed by atoms with E-state index in [2.05, 4.69) is 0 Å². The molecule has 0 aromatic carbocycles. The number of rotatable bonds is 3. The SMILES string of the molecule is C[O][Al]([CH]1CCCCC1)[CH]1CCCCC1. The second kappa shape index (κ2) is 6.28. The third kappa shape index (κ3) is 3.22. The average Bonchev–Trinajstić information content (AvgIpc) is 2.33. The molecule has 0 aliphatic heterocycles. The van der Waals surface area contributed by atoms with Crippen LogP contribution in [-0.4, -0.2) is 21.6 Å². The van der Waals surface area contributed by atoms with E-state index in [0.717, 1.165) is 9.56 Å². The smallest absolute Gasteiger partial charge is 0.467 e. The highest BCUT2D eigenvalue weighted by molar-refractivity contribution is 6.55. The Balaban J connectivity index is 1.88. The van der Waals surface area contributed by atoms with Crippen molar-refractivity contribution in [1.82, 2.24) is 0 Å². The molecular weight excluding hydrogens is 199 g/mol. The molecule has 2 fully saturated rings. The molecule has 0 spiro atoms.